The van der Waals surface area contributed by atoms with Crippen LogP contribution < -0.4 is 16.0 Å². The Labute approximate surface area is 268 Å². The number of halogens is 1. The van der Waals surface area contributed by atoms with E-state index in [0.717, 1.165) is 29.5 Å². The van der Waals surface area contributed by atoms with Crippen LogP contribution in [0.3, 0.4) is 0 Å². The van der Waals surface area contributed by atoms with Gasteiger partial charge in [0.15, 0.2) is 0 Å². The zero-order chi connectivity index (χ0) is 32.3. The maximum absolute atomic E-state index is 14.2. The summed E-state index contributed by atoms with van der Waals surface area (Å²) in [7, 11) is 0. The number of piperidine rings is 1. The van der Waals surface area contributed by atoms with E-state index in [4.69, 9.17) is 0 Å². The van der Waals surface area contributed by atoms with Crippen LogP contribution in [0.4, 0.5) is 14.9 Å². The molecule has 1 saturated heterocycles. The molecule has 1 fully saturated rings. The van der Waals surface area contributed by atoms with Gasteiger partial charge in [-0.1, -0.05) is 84.9 Å². The highest BCUT2D eigenvalue weighted by atomic mass is 19.1. The Kier molecular flexibility index (Phi) is 11.1. The van der Waals surface area contributed by atoms with E-state index < -0.39 is 17.8 Å². The fraction of sp³-hybridized carbons (Fsp3) is 0.270. The van der Waals surface area contributed by atoms with Crippen molar-refractivity contribution in [2.45, 2.75) is 31.2 Å². The van der Waals surface area contributed by atoms with Crippen molar-refractivity contribution in [2.75, 3.05) is 31.5 Å². The number of hydrogen-bond acceptors (Lipinski definition) is 4. The molecule has 8 nitrogen and oxygen atoms in total. The highest BCUT2D eigenvalue weighted by Gasteiger charge is 2.27. The van der Waals surface area contributed by atoms with Crippen LogP contribution in [-0.2, 0) is 11.2 Å². The molecule has 0 spiro atoms. The van der Waals surface area contributed by atoms with Crippen LogP contribution in [-0.4, -0.2) is 60.1 Å². The Balaban J connectivity index is 1.11. The molecule has 0 radical (unpaired) electrons. The second kappa shape index (κ2) is 15.8. The van der Waals surface area contributed by atoms with Crippen molar-refractivity contribution in [3.63, 3.8) is 0 Å². The molecule has 2 atom stereocenters. The summed E-state index contributed by atoms with van der Waals surface area (Å²) >= 11 is 0. The number of carbonyl (C=O) groups is 3. The first kappa shape index (κ1) is 32.4. The number of hydrogen-bond donors (Lipinski definition) is 4. The Hall–Kier alpha value is -5.02. The molecule has 0 aromatic heterocycles. The fourth-order valence-electron chi connectivity index (χ4n) is 5.91. The molecule has 46 heavy (non-hydrogen) atoms. The smallest absolute Gasteiger partial charge is 0.321 e. The van der Waals surface area contributed by atoms with E-state index >= 15 is 0 Å². The summed E-state index contributed by atoms with van der Waals surface area (Å²) in [6, 6.07) is 32.0. The number of rotatable bonds is 12. The highest BCUT2D eigenvalue weighted by Crippen LogP contribution is 2.24. The van der Waals surface area contributed by atoms with Crippen LogP contribution in [0.2, 0.25) is 0 Å². The third-order valence-corrected chi connectivity index (χ3v) is 8.38. The van der Waals surface area contributed by atoms with Crippen molar-refractivity contribution in [3.8, 4) is 0 Å². The molecule has 0 saturated carbocycles. The van der Waals surface area contributed by atoms with Crippen LogP contribution in [0.5, 0.6) is 0 Å². The number of carbonyl (C=O) groups excluding carboxylic acids is 2. The number of carboxylic acids is 1. The van der Waals surface area contributed by atoms with Crippen LogP contribution >= 0.6 is 0 Å². The van der Waals surface area contributed by atoms with Crippen LogP contribution in [0.15, 0.2) is 109 Å². The lowest BCUT2D eigenvalue weighted by molar-refractivity contribution is -0.139. The summed E-state index contributed by atoms with van der Waals surface area (Å²) in [4.78, 5) is 39.4. The molecule has 1 unspecified atom stereocenters. The summed E-state index contributed by atoms with van der Waals surface area (Å²) < 4.78 is 14.2. The quantitative estimate of drug-likeness (QED) is 0.157. The Morgan fingerprint density at radius 1 is 0.848 bits per heavy atom. The lowest BCUT2D eigenvalue weighted by Crippen LogP contribution is -2.46. The van der Waals surface area contributed by atoms with Gasteiger partial charge in [0.1, 0.15) is 11.9 Å². The maximum atomic E-state index is 14.2. The van der Waals surface area contributed by atoms with Crippen molar-refractivity contribution in [2.24, 2.45) is 5.92 Å². The molecule has 0 aliphatic carbocycles. The topological polar surface area (TPSA) is 111 Å². The minimum absolute atomic E-state index is 0.00000808. The molecule has 4 N–H and O–H groups in total. The zero-order valence-electron chi connectivity index (χ0n) is 25.6. The first-order valence-electron chi connectivity index (χ1n) is 15.6. The van der Waals surface area contributed by atoms with Gasteiger partial charge in [-0.3, -0.25) is 9.59 Å². The summed E-state index contributed by atoms with van der Waals surface area (Å²) in [5.74, 6) is -1.80. The van der Waals surface area contributed by atoms with Crippen LogP contribution in [0.25, 0.3) is 0 Å². The molecule has 3 amide bonds. The number of carboxylic acid groups (broad SMARTS) is 1. The first-order valence-corrected chi connectivity index (χ1v) is 15.6. The van der Waals surface area contributed by atoms with E-state index in [1.165, 1.54) is 12.1 Å². The van der Waals surface area contributed by atoms with E-state index in [1.807, 2.05) is 60.7 Å². The lowest BCUT2D eigenvalue weighted by atomic mass is 9.91. The molecule has 1 aliphatic heterocycles. The number of benzene rings is 4. The van der Waals surface area contributed by atoms with Gasteiger partial charge in [0.25, 0.3) is 5.91 Å². The summed E-state index contributed by atoms with van der Waals surface area (Å²) in [5.41, 5.74) is 3.67. The highest BCUT2D eigenvalue weighted by molar-refractivity contribution is 5.94. The summed E-state index contributed by atoms with van der Waals surface area (Å²) in [6.45, 7) is 1.82. The second-order valence-electron chi connectivity index (χ2n) is 11.6. The predicted octanol–water partition coefficient (Wildman–Crippen LogP) is 5.92. The number of amides is 3. The molecule has 4 aromatic carbocycles. The van der Waals surface area contributed by atoms with Crippen molar-refractivity contribution in [1.29, 1.82) is 0 Å². The number of anilines is 1. The minimum atomic E-state index is -0.969. The summed E-state index contributed by atoms with van der Waals surface area (Å²) in [5, 5.41) is 18.9. The third-order valence-electron chi connectivity index (χ3n) is 8.38. The Morgan fingerprint density at radius 3 is 2.11 bits per heavy atom. The van der Waals surface area contributed by atoms with Gasteiger partial charge in [-0.05, 0) is 66.1 Å². The summed E-state index contributed by atoms with van der Waals surface area (Å²) in [6.07, 6.45) is 1.87. The normalized spacial score (nSPS) is 15.3. The minimum Gasteiger partial charge on any atom is -0.480 e. The number of urea groups is 1. The van der Waals surface area contributed by atoms with Gasteiger partial charge in [0.2, 0.25) is 0 Å². The average molecular weight is 623 g/mol. The molecule has 4 aromatic rings. The molecule has 0 bridgehead atoms. The standard InChI is InChI=1S/C37H39FN4O4/c38-33-16-8-7-15-31(33)35(43)42-21-9-10-27(25-42)23-39-34(36(44)45)22-26-17-19-30(20-18-26)41-37(46)40-24-32(28-11-3-1-4-12-28)29-13-5-2-6-14-29/h1-8,11-20,27,32,34,39H,9-10,21-25H2,(H,44,45)(H2,40,41,46)/t27?,34-/m0/s1. The zero-order valence-corrected chi connectivity index (χ0v) is 25.6. The second-order valence-corrected chi connectivity index (χ2v) is 11.6. The maximum Gasteiger partial charge on any atom is 0.321 e. The van der Waals surface area contributed by atoms with Gasteiger partial charge < -0.3 is 26.0 Å². The predicted molar refractivity (Wildman–Crippen MR) is 176 cm³/mol. The van der Waals surface area contributed by atoms with Crippen LogP contribution in [0.1, 0.15) is 45.8 Å². The fourth-order valence-corrected chi connectivity index (χ4v) is 5.91. The first-order chi connectivity index (χ1) is 22.4. The lowest BCUT2D eigenvalue weighted by Gasteiger charge is -2.33. The molecule has 9 heteroatoms. The van der Waals surface area contributed by atoms with Gasteiger partial charge in [0, 0.05) is 37.8 Å². The van der Waals surface area contributed by atoms with Gasteiger partial charge in [-0.15, -0.1) is 0 Å². The number of nitrogens with one attached hydrogen (secondary N) is 3. The van der Waals surface area contributed by atoms with E-state index in [-0.39, 0.29) is 35.8 Å². The largest absolute Gasteiger partial charge is 0.480 e. The average Bonchev–Trinajstić information content (AvgIpc) is 3.08. The number of nitrogens with zero attached hydrogens (tertiary/aromatic N) is 1. The molecular formula is C37H39FN4O4. The van der Waals surface area contributed by atoms with Gasteiger partial charge in [-0.2, -0.15) is 0 Å². The molecule has 5 rings (SSSR count). The Bertz CT molecular complexity index is 1560. The number of likely N-dealkylation sites (tertiary alicyclic amines) is 1. The van der Waals surface area contributed by atoms with Gasteiger partial charge in [0.05, 0.1) is 5.56 Å². The van der Waals surface area contributed by atoms with Crippen molar-refractivity contribution >= 4 is 23.6 Å². The SMILES string of the molecule is O=C(NCC(c1ccccc1)c1ccccc1)Nc1ccc(C[C@H](NCC2CCCN(C(=O)c3ccccc3F)C2)C(=O)O)cc1. The van der Waals surface area contributed by atoms with E-state index in [2.05, 4.69) is 16.0 Å². The van der Waals surface area contributed by atoms with E-state index in [9.17, 15) is 23.9 Å². The molecule has 1 aliphatic rings. The van der Waals surface area contributed by atoms with Gasteiger partial charge >= 0.3 is 12.0 Å². The van der Waals surface area contributed by atoms with E-state index in [0.29, 0.717) is 31.9 Å². The monoisotopic (exact) mass is 622 g/mol. The third kappa shape index (κ3) is 8.79. The Morgan fingerprint density at radius 2 is 1.48 bits per heavy atom. The van der Waals surface area contributed by atoms with Crippen molar-refractivity contribution in [1.82, 2.24) is 15.5 Å². The molecular weight excluding hydrogens is 583 g/mol. The number of aliphatic carboxylic acids is 1. The van der Waals surface area contributed by atoms with E-state index in [1.54, 1.807) is 41.3 Å². The van der Waals surface area contributed by atoms with Crippen LogP contribution in [0, 0.1) is 11.7 Å². The van der Waals surface area contributed by atoms with Gasteiger partial charge in [-0.25, -0.2) is 9.18 Å². The molecule has 238 valence electrons. The van der Waals surface area contributed by atoms with Crippen molar-refractivity contribution in [3.05, 3.63) is 137 Å². The molecule has 1 heterocycles. The van der Waals surface area contributed by atoms with Crippen molar-refractivity contribution < 1.29 is 23.9 Å².